The highest BCUT2D eigenvalue weighted by Crippen LogP contribution is 2.19. The van der Waals surface area contributed by atoms with Crippen molar-refractivity contribution in [2.24, 2.45) is 0 Å². The van der Waals surface area contributed by atoms with Crippen LogP contribution in [0.3, 0.4) is 0 Å². The van der Waals surface area contributed by atoms with Gasteiger partial charge in [-0.3, -0.25) is 9.55 Å². The number of rotatable bonds is 3. The van der Waals surface area contributed by atoms with E-state index in [0.717, 1.165) is 16.9 Å². The molecule has 0 bridgehead atoms. The summed E-state index contributed by atoms with van der Waals surface area (Å²) >= 11 is 0. The van der Waals surface area contributed by atoms with Gasteiger partial charge in [-0.25, -0.2) is 9.78 Å². The number of carbonyl (C=O) groups is 1. The van der Waals surface area contributed by atoms with Crippen LogP contribution in [0.15, 0.2) is 18.5 Å². The van der Waals surface area contributed by atoms with Gasteiger partial charge in [-0.15, -0.1) is 5.54 Å². The van der Waals surface area contributed by atoms with Crippen molar-refractivity contribution in [2.45, 2.75) is 40.4 Å². The molecule has 6 heteroatoms. The van der Waals surface area contributed by atoms with Crippen molar-refractivity contribution in [2.75, 3.05) is 6.61 Å². The summed E-state index contributed by atoms with van der Waals surface area (Å²) in [5.74, 6) is 2.93. The van der Waals surface area contributed by atoms with Gasteiger partial charge in [0.1, 0.15) is 13.8 Å². The molecule has 0 spiro atoms. The van der Waals surface area contributed by atoms with Crippen LogP contribution in [0.25, 0.3) is 5.69 Å². The largest absolute Gasteiger partial charge is 0.460 e. The van der Waals surface area contributed by atoms with Crippen molar-refractivity contribution >= 4 is 14.0 Å². The van der Waals surface area contributed by atoms with Gasteiger partial charge < -0.3 is 4.74 Å². The number of aromatic nitrogens is 3. The van der Waals surface area contributed by atoms with Gasteiger partial charge in [0, 0.05) is 6.20 Å². The quantitative estimate of drug-likeness (QED) is 0.488. The third-order valence-electron chi connectivity index (χ3n) is 3.24. The van der Waals surface area contributed by atoms with Crippen LogP contribution in [0.2, 0.25) is 19.6 Å². The number of hydrogen-bond acceptors (Lipinski definition) is 4. The molecule has 0 aliphatic carbocycles. The number of ether oxygens (including phenoxy) is 1. The predicted molar refractivity (Wildman–Crippen MR) is 97.0 cm³/mol. The molecule has 126 valence electrons. The first-order chi connectivity index (χ1) is 11.2. The van der Waals surface area contributed by atoms with Gasteiger partial charge >= 0.3 is 5.97 Å². The number of pyridine rings is 1. The lowest BCUT2D eigenvalue weighted by Gasteiger charge is -2.09. The zero-order valence-corrected chi connectivity index (χ0v) is 16.1. The summed E-state index contributed by atoms with van der Waals surface area (Å²) in [6.45, 7) is 12.4. The number of hydrogen-bond donors (Lipinski definition) is 0. The third-order valence-corrected chi connectivity index (χ3v) is 4.12. The summed E-state index contributed by atoms with van der Waals surface area (Å²) in [5, 5.41) is 0. The molecule has 2 aromatic heterocycles. The van der Waals surface area contributed by atoms with Crippen LogP contribution in [-0.4, -0.2) is 35.2 Å². The minimum absolute atomic E-state index is 0.238. The van der Waals surface area contributed by atoms with Crippen LogP contribution < -0.4 is 0 Å². The highest BCUT2D eigenvalue weighted by atomic mass is 28.3. The Morgan fingerprint density at radius 2 is 2.00 bits per heavy atom. The van der Waals surface area contributed by atoms with E-state index in [9.17, 15) is 4.79 Å². The predicted octanol–water partition coefficient (Wildman–Crippen LogP) is 3.29. The summed E-state index contributed by atoms with van der Waals surface area (Å²) in [7, 11) is -1.54. The Labute approximate surface area is 144 Å². The molecule has 0 aromatic carbocycles. The minimum Gasteiger partial charge on any atom is -0.460 e. The van der Waals surface area contributed by atoms with Crippen molar-refractivity contribution in [3.63, 3.8) is 0 Å². The second-order valence-corrected chi connectivity index (χ2v) is 11.4. The Morgan fingerprint density at radius 1 is 1.29 bits per heavy atom. The first-order valence-electron chi connectivity index (χ1n) is 7.94. The lowest BCUT2D eigenvalue weighted by atomic mass is 10.2. The maximum absolute atomic E-state index is 12.3. The summed E-state index contributed by atoms with van der Waals surface area (Å²) < 4.78 is 6.92. The van der Waals surface area contributed by atoms with Crippen molar-refractivity contribution in [3.8, 4) is 17.2 Å². The smallest absolute Gasteiger partial charge is 0.374 e. The Balaban J connectivity index is 2.64. The Hall–Kier alpha value is -2.39. The average molecular weight is 341 g/mol. The molecule has 0 aliphatic heterocycles. The standard InChI is InChI=1S/C18H23N3O2Si/c1-7-23-18(22)17-20-16(8-9-24(4,5)6)14(3)21(17)15-10-13(2)11-19-12-15/h10-12H,7H2,1-6H3. The van der Waals surface area contributed by atoms with Crippen LogP contribution in [0.1, 0.15) is 34.5 Å². The molecule has 0 saturated carbocycles. The molecule has 0 aliphatic rings. The first kappa shape index (κ1) is 18.0. The second kappa shape index (κ2) is 7.01. The maximum Gasteiger partial charge on any atom is 0.374 e. The van der Waals surface area contributed by atoms with Crippen molar-refractivity contribution in [1.29, 1.82) is 0 Å². The molecule has 24 heavy (non-hydrogen) atoms. The van der Waals surface area contributed by atoms with Gasteiger partial charge in [0.05, 0.1) is 24.2 Å². The van der Waals surface area contributed by atoms with E-state index < -0.39 is 14.0 Å². The molecule has 0 amide bonds. The van der Waals surface area contributed by atoms with E-state index in [-0.39, 0.29) is 5.82 Å². The first-order valence-corrected chi connectivity index (χ1v) is 11.4. The summed E-state index contributed by atoms with van der Waals surface area (Å²) in [6.07, 6.45) is 3.48. The Kier molecular flexibility index (Phi) is 5.25. The Bertz CT molecular complexity index is 823. The molecule has 5 nitrogen and oxygen atoms in total. The third kappa shape index (κ3) is 4.12. The SMILES string of the molecule is CCOC(=O)c1nc(C#C[Si](C)(C)C)c(C)n1-c1cncc(C)c1. The topological polar surface area (TPSA) is 57.0 Å². The lowest BCUT2D eigenvalue weighted by Crippen LogP contribution is -2.16. The maximum atomic E-state index is 12.3. The molecule has 2 aromatic rings. The fraction of sp³-hybridized carbons (Fsp3) is 0.389. The monoisotopic (exact) mass is 341 g/mol. The number of aryl methyl sites for hydroxylation is 1. The van der Waals surface area contributed by atoms with Crippen molar-refractivity contribution in [3.05, 3.63) is 41.2 Å². The van der Waals surface area contributed by atoms with E-state index in [1.165, 1.54) is 0 Å². The van der Waals surface area contributed by atoms with Gasteiger partial charge in [-0.1, -0.05) is 25.6 Å². The van der Waals surface area contributed by atoms with Gasteiger partial charge in [0.25, 0.3) is 0 Å². The van der Waals surface area contributed by atoms with Crippen LogP contribution in [-0.2, 0) is 4.74 Å². The summed E-state index contributed by atoms with van der Waals surface area (Å²) in [6, 6.07) is 1.96. The van der Waals surface area contributed by atoms with E-state index in [2.05, 4.69) is 41.1 Å². The fourth-order valence-corrected chi connectivity index (χ4v) is 2.67. The average Bonchev–Trinajstić information content (AvgIpc) is 2.82. The van der Waals surface area contributed by atoms with E-state index >= 15 is 0 Å². The summed E-state index contributed by atoms with van der Waals surface area (Å²) in [5.41, 5.74) is 6.51. The van der Waals surface area contributed by atoms with Crippen LogP contribution in [0.4, 0.5) is 0 Å². The lowest BCUT2D eigenvalue weighted by molar-refractivity contribution is 0.0509. The molecular weight excluding hydrogens is 318 g/mol. The molecule has 0 fully saturated rings. The zero-order chi connectivity index (χ0) is 17.9. The number of carbonyl (C=O) groups excluding carboxylic acids is 1. The number of imidazole rings is 1. The molecule has 0 atom stereocenters. The molecule has 0 radical (unpaired) electrons. The Morgan fingerprint density at radius 3 is 2.58 bits per heavy atom. The van der Waals surface area contributed by atoms with Gasteiger partial charge in [0.2, 0.25) is 5.82 Å². The summed E-state index contributed by atoms with van der Waals surface area (Å²) in [4.78, 5) is 21.0. The molecular formula is C18H23N3O2Si. The molecule has 0 saturated heterocycles. The molecule has 0 N–H and O–H groups in total. The van der Waals surface area contributed by atoms with Gasteiger partial charge in [-0.2, -0.15) is 0 Å². The number of nitrogens with zero attached hydrogens (tertiary/aromatic N) is 3. The van der Waals surface area contributed by atoms with Gasteiger partial charge in [0.15, 0.2) is 0 Å². The van der Waals surface area contributed by atoms with E-state index in [4.69, 9.17) is 4.74 Å². The highest BCUT2D eigenvalue weighted by molar-refractivity contribution is 6.83. The zero-order valence-electron chi connectivity index (χ0n) is 15.1. The van der Waals surface area contributed by atoms with Crippen LogP contribution >= 0.6 is 0 Å². The second-order valence-electron chi connectivity index (χ2n) is 6.65. The fourth-order valence-electron chi connectivity index (χ4n) is 2.18. The van der Waals surface area contributed by atoms with E-state index in [1.54, 1.807) is 23.9 Å². The molecule has 2 heterocycles. The van der Waals surface area contributed by atoms with Crippen LogP contribution in [0, 0.1) is 25.3 Å². The minimum atomic E-state index is -1.54. The van der Waals surface area contributed by atoms with Crippen molar-refractivity contribution in [1.82, 2.24) is 14.5 Å². The normalized spacial score (nSPS) is 10.9. The number of esters is 1. The van der Waals surface area contributed by atoms with Crippen LogP contribution in [0.5, 0.6) is 0 Å². The highest BCUT2D eigenvalue weighted by Gasteiger charge is 2.22. The molecule has 2 rings (SSSR count). The van der Waals surface area contributed by atoms with Gasteiger partial charge in [-0.05, 0) is 32.4 Å². The molecule has 0 unspecified atom stereocenters. The van der Waals surface area contributed by atoms with Crippen molar-refractivity contribution < 1.29 is 9.53 Å². The van der Waals surface area contributed by atoms with E-state index in [1.807, 2.05) is 19.9 Å². The van der Waals surface area contributed by atoms with E-state index in [0.29, 0.717) is 12.3 Å².